The average molecular weight is 230 g/mol. The Hall–Kier alpha value is -1.88. The van der Waals surface area contributed by atoms with E-state index in [1.165, 1.54) is 0 Å². The average Bonchev–Trinajstić information content (AvgIpc) is 3.00. The van der Waals surface area contributed by atoms with Crippen molar-refractivity contribution in [2.24, 2.45) is 11.1 Å². The summed E-state index contributed by atoms with van der Waals surface area (Å²) in [4.78, 5) is 12.1. The highest BCUT2D eigenvalue weighted by atomic mass is 16.2. The molecule has 0 aliphatic heterocycles. The molecule has 1 aromatic carbocycles. The second kappa shape index (κ2) is 3.56. The second-order valence-corrected chi connectivity index (χ2v) is 4.58. The molecule has 5 nitrogen and oxygen atoms in total. The van der Waals surface area contributed by atoms with E-state index in [9.17, 15) is 4.79 Å². The zero-order chi connectivity index (χ0) is 11.9. The zero-order valence-electron chi connectivity index (χ0n) is 9.36. The van der Waals surface area contributed by atoms with Crippen LogP contribution in [0.5, 0.6) is 0 Å². The molecule has 0 bridgehead atoms. The number of H-pyrrole nitrogens is 1. The first-order chi connectivity index (χ1) is 8.25. The van der Waals surface area contributed by atoms with Gasteiger partial charge in [0.1, 0.15) is 0 Å². The topological polar surface area (TPSA) is 83.8 Å². The minimum Gasteiger partial charge on any atom is -0.329 e. The van der Waals surface area contributed by atoms with Crippen molar-refractivity contribution in [1.82, 2.24) is 10.2 Å². The van der Waals surface area contributed by atoms with E-state index >= 15 is 0 Å². The van der Waals surface area contributed by atoms with E-state index in [2.05, 4.69) is 15.5 Å². The molecule has 0 radical (unpaired) electrons. The molecule has 5 heteroatoms. The number of nitrogens with one attached hydrogen (secondary N) is 2. The number of hydrogen-bond donors (Lipinski definition) is 3. The standard InChI is InChI=1S/C12H14N4O/c13-7-12(4-5-12)11(17)15-9-2-1-3-10-8(9)6-14-16-10/h1-3,6H,4-5,7,13H2,(H,14,16)(H,15,17). The van der Waals surface area contributed by atoms with E-state index in [-0.39, 0.29) is 11.3 Å². The van der Waals surface area contributed by atoms with Gasteiger partial charge in [0.05, 0.1) is 22.8 Å². The number of benzene rings is 1. The lowest BCUT2D eigenvalue weighted by molar-refractivity contribution is -0.120. The lowest BCUT2D eigenvalue weighted by atomic mass is 10.1. The molecule has 0 spiro atoms. The van der Waals surface area contributed by atoms with Gasteiger partial charge >= 0.3 is 0 Å². The first kappa shape index (κ1) is 10.3. The third-order valence-corrected chi connectivity index (χ3v) is 3.46. The highest BCUT2D eigenvalue weighted by Crippen LogP contribution is 2.45. The number of hydrogen-bond acceptors (Lipinski definition) is 3. The van der Waals surface area contributed by atoms with Crippen molar-refractivity contribution in [1.29, 1.82) is 0 Å². The molecule has 1 aliphatic carbocycles. The van der Waals surface area contributed by atoms with Gasteiger partial charge in [-0.25, -0.2) is 0 Å². The predicted molar refractivity (Wildman–Crippen MR) is 65.4 cm³/mol. The Morgan fingerprint density at radius 2 is 2.35 bits per heavy atom. The normalized spacial score (nSPS) is 17.0. The fourth-order valence-electron chi connectivity index (χ4n) is 2.01. The lowest BCUT2D eigenvalue weighted by Gasteiger charge is -2.13. The monoisotopic (exact) mass is 230 g/mol. The summed E-state index contributed by atoms with van der Waals surface area (Å²) in [6.45, 7) is 0.417. The van der Waals surface area contributed by atoms with E-state index in [4.69, 9.17) is 5.73 Å². The van der Waals surface area contributed by atoms with Crippen LogP contribution in [0, 0.1) is 5.41 Å². The van der Waals surface area contributed by atoms with Crippen LogP contribution in [-0.4, -0.2) is 22.6 Å². The highest BCUT2D eigenvalue weighted by molar-refractivity contribution is 6.04. The summed E-state index contributed by atoms with van der Waals surface area (Å²) in [5.41, 5.74) is 7.02. The Morgan fingerprint density at radius 3 is 3.06 bits per heavy atom. The van der Waals surface area contributed by atoms with Gasteiger partial charge in [-0.2, -0.15) is 5.10 Å². The quantitative estimate of drug-likeness (QED) is 0.741. The van der Waals surface area contributed by atoms with E-state index in [1.54, 1.807) is 6.20 Å². The Balaban J connectivity index is 1.90. The molecule has 0 atom stereocenters. The van der Waals surface area contributed by atoms with Crippen LogP contribution in [0.1, 0.15) is 12.8 Å². The van der Waals surface area contributed by atoms with E-state index in [1.807, 2.05) is 18.2 Å². The number of nitrogens with two attached hydrogens (primary N) is 1. The van der Waals surface area contributed by atoms with E-state index < -0.39 is 0 Å². The minimum absolute atomic E-state index is 0.0219. The van der Waals surface area contributed by atoms with Crippen molar-refractivity contribution in [3.8, 4) is 0 Å². The van der Waals surface area contributed by atoms with Gasteiger partial charge in [0.2, 0.25) is 5.91 Å². The number of carbonyl (C=O) groups excluding carboxylic acids is 1. The number of aromatic nitrogens is 2. The summed E-state index contributed by atoms with van der Waals surface area (Å²) in [5, 5.41) is 10.7. The van der Waals surface area contributed by atoms with Gasteiger partial charge in [-0.15, -0.1) is 0 Å². The van der Waals surface area contributed by atoms with Crippen LogP contribution < -0.4 is 11.1 Å². The first-order valence-electron chi connectivity index (χ1n) is 5.69. The Morgan fingerprint density at radius 1 is 1.53 bits per heavy atom. The van der Waals surface area contributed by atoms with Gasteiger partial charge < -0.3 is 11.1 Å². The van der Waals surface area contributed by atoms with Crippen molar-refractivity contribution >= 4 is 22.5 Å². The van der Waals surface area contributed by atoms with Gasteiger partial charge in [0, 0.05) is 11.9 Å². The zero-order valence-corrected chi connectivity index (χ0v) is 9.36. The van der Waals surface area contributed by atoms with Crippen LogP contribution in [0.2, 0.25) is 0 Å². The number of fused-ring (bicyclic) bond motifs is 1. The fourth-order valence-corrected chi connectivity index (χ4v) is 2.01. The summed E-state index contributed by atoms with van der Waals surface area (Å²) < 4.78 is 0. The number of carbonyl (C=O) groups is 1. The summed E-state index contributed by atoms with van der Waals surface area (Å²) >= 11 is 0. The first-order valence-corrected chi connectivity index (χ1v) is 5.69. The van der Waals surface area contributed by atoms with Crippen LogP contribution in [0.3, 0.4) is 0 Å². The summed E-state index contributed by atoms with van der Waals surface area (Å²) in [5.74, 6) is 0.0219. The van der Waals surface area contributed by atoms with Crippen molar-refractivity contribution in [2.75, 3.05) is 11.9 Å². The van der Waals surface area contributed by atoms with Gasteiger partial charge in [-0.3, -0.25) is 9.89 Å². The maximum atomic E-state index is 12.1. The molecule has 1 heterocycles. The molecule has 17 heavy (non-hydrogen) atoms. The summed E-state index contributed by atoms with van der Waals surface area (Å²) in [6, 6.07) is 5.69. The molecular weight excluding hydrogens is 216 g/mol. The number of aromatic amines is 1. The second-order valence-electron chi connectivity index (χ2n) is 4.58. The minimum atomic E-state index is -0.327. The molecule has 2 aromatic rings. The van der Waals surface area contributed by atoms with Crippen LogP contribution in [-0.2, 0) is 4.79 Å². The molecule has 88 valence electrons. The Bertz CT molecular complexity index is 571. The molecule has 4 N–H and O–H groups in total. The van der Waals surface area contributed by atoms with Gasteiger partial charge in [-0.05, 0) is 25.0 Å². The number of rotatable bonds is 3. The van der Waals surface area contributed by atoms with Crippen molar-refractivity contribution in [3.63, 3.8) is 0 Å². The van der Waals surface area contributed by atoms with Gasteiger partial charge in [0.25, 0.3) is 0 Å². The highest BCUT2D eigenvalue weighted by Gasteiger charge is 2.48. The van der Waals surface area contributed by atoms with Crippen LogP contribution in [0.4, 0.5) is 5.69 Å². The number of anilines is 1. The number of nitrogens with zero attached hydrogens (tertiary/aromatic N) is 1. The smallest absolute Gasteiger partial charge is 0.231 e. The molecule has 0 unspecified atom stereocenters. The van der Waals surface area contributed by atoms with Crippen molar-refractivity contribution < 1.29 is 4.79 Å². The molecule has 1 aliphatic rings. The van der Waals surface area contributed by atoms with Crippen molar-refractivity contribution in [2.45, 2.75) is 12.8 Å². The van der Waals surface area contributed by atoms with Crippen LogP contribution in [0.15, 0.2) is 24.4 Å². The Kier molecular flexibility index (Phi) is 2.16. The van der Waals surface area contributed by atoms with E-state index in [0.29, 0.717) is 6.54 Å². The molecule has 3 rings (SSSR count). The molecular formula is C12H14N4O. The van der Waals surface area contributed by atoms with Crippen molar-refractivity contribution in [3.05, 3.63) is 24.4 Å². The van der Waals surface area contributed by atoms with E-state index in [0.717, 1.165) is 29.4 Å². The van der Waals surface area contributed by atoms with Crippen LogP contribution in [0.25, 0.3) is 10.9 Å². The molecule has 1 amide bonds. The number of amides is 1. The van der Waals surface area contributed by atoms with Gasteiger partial charge in [-0.1, -0.05) is 6.07 Å². The fraction of sp³-hybridized carbons (Fsp3) is 0.333. The molecule has 1 aromatic heterocycles. The van der Waals surface area contributed by atoms with Crippen LogP contribution >= 0.6 is 0 Å². The molecule has 1 saturated carbocycles. The lowest BCUT2D eigenvalue weighted by Crippen LogP contribution is -2.30. The maximum Gasteiger partial charge on any atom is 0.231 e. The predicted octanol–water partition coefficient (Wildman–Crippen LogP) is 1.24. The molecule has 1 fully saturated rings. The van der Waals surface area contributed by atoms with Gasteiger partial charge in [0.15, 0.2) is 0 Å². The third-order valence-electron chi connectivity index (χ3n) is 3.46. The maximum absolute atomic E-state index is 12.1. The Labute approximate surface area is 98.4 Å². The third kappa shape index (κ3) is 1.59. The SMILES string of the molecule is NCC1(C(=O)Nc2cccc3[nH]ncc23)CC1. The largest absolute Gasteiger partial charge is 0.329 e. The summed E-state index contributed by atoms with van der Waals surface area (Å²) in [6.07, 6.45) is 3.49. The summed E-state index contributed by atoms with van der Waals surface area (Å²) in [7, 11) is 0. The molecule has 0 saturated heterocycles.